The summed E-state index contributed by atoms with van der Waals surface area (Å²) in [5, 5.41) is 7.67. The fourth-order valence-electron chi connectivity index (χ4n) is 0.0933. The molecular formula is C2HNO4S. The third kappa shape index (κ3) is 3.16. The molecule has 1 amide bonds. The minimum absolute atomic E-state index is 1.28. The zero-order valence-corrected chi connectivity index (χ0v) is 4.34. The maximum Gasteiger partial charge on any atom is 0.514 e. The molecule has 6 heteroatoms. The highest BCUT2D eigenvalue weighted by molar-refractivity contribution is 7.47. The minimum Gasteiger partial charge on any atom is -0.449 e. The molecule has 0 aliphatic heterocycles. The number of ether oxygens (including phenoxy) is 1. The van der Waals surface area contributed by atoms with E-state index in [1.165, 1.54) is 0 Å². The van der Waals surface area contributed by atoms with Crippen LogP contribution in [0.3, 0.4) is 0 Å². The normalized spacial score (nSPS) is 7.50. The Labute approximate surface area is 49.4 Å². The van der Waals surface area contributed by atoms with Gasteiger partial charge in [-0.15, -0.1) is 4.36 Å². The number of hydrogen-bond donors (Lipinski definition) is 1. The van der Waals surface area contributed by atoms with Crippen molar-refractivity contribution in [2.45, 2.75) is 0 Å². The Morgan fingerprint density at radius 3 is 2.25 bits per heavy atom. The van der Waals surface area contributed by atoms with Crippen LogP contribution in [0, 0.1) is 0 Å². The van der Waals surface area contributed by atoms with E-state index in [1.807, 2.05) is 0 Å². The van der Waals surface area contributed by atoms with Gasteiger partial charge in [-0.05, 0) is 0 Å². The molecule has 0 saturated heterocycles. The molecule has 0 unspecified atom stereocenters. The third-order valence-corrected chi connectivity index (χ3v) is 0.398. The van der Waals surface area contributed by atoms with Gasteiger partial charge in [0.15, 0.2) is 0 Å². The van der Waals surface area contributed by atoms with Gasteiger partial charge in [0.05, 0.1) is 0 Å². The zero-order chi connectivity index (χ0) is 6.57. The molecule has 0 spiro atoms. The Hall–Kier alpha value is -1.04. The molecular weight excluding hydrogens is 134 g/mol. The van der Waals surface area contributed by atoms with E-state index in [2.05, 4.69) is 21.5 Å². The molecule has 8 heavy (non-hydrogen) atoms. The summed E-state index contributed by atoms with van der Waals surface area (Å²) in [5.41, 5.74) is 0. The molecule has 44 valence electrons. The van der Waals surface area contributed by atoms with Crippen LogP contribution in [0.2, 0.25) is 0 Å². The van der Waals surface area contributed by atoms with Crippen LogP contribution < -0.4 is 0 Å². The molecule has 0 atom stereocenters. The van der Waals surface area contributed by atoms with E-state index >= 15 is 0 Å². The topological polar surface area (TPSA) is 76.0 Å². The largest absolute Gasteiger partial charge is 0.514 e. The second-order valence-corrected chi connectivity index (χ2v) is 0.908. The fraction of sp³-hybridized carbons (Fsp3) is 0. The molecule has 0 saturated carbocycles. The summed E-state index contributed by atoms with van der Waals surface area (Å²) in [6.45, 7) is 0. The van der Waals surface area contributed by atoms with Crippen LogP contribution in [0.15, 0.2) is 4.36 Å². The summed E-state index contributed by atoms with van der Waals surface area (Å²) in [7, 11) is 0. The molecule has 0 fully saturated rings. The lowest BCUT2D eigenvalue weighted by Crippen LogP contribution is -2.03. The molecule has 0 radical (unpaired) electrons. The Morgan fingerprint density at radius 1 is 1.62 bits per heavy atom. The SMILES string of the molecule is O=C(O)OC(=O)N=S. The highest BCUT2D eigenvalue weighted by Gasteiger charge is 2.03. The van der Waals surface area contributed by atoms with Gasteiger partial charge in [-0.1, -0.05) is 0 Å². The number of nitrogens with zero attached hydrogens (tertiary/aromatic N) is 1. The van der Waals surface area contributed by atoms with Crippen LogP contribution in [-0.4, -0.2) is 17.4 Å². The maximum atomic E-state index is 9.75. The first kappa shape index (κ1) is 6.96. The van der Waals surface area contributed by atoms with Crippen molar-refractivity contribution in [1.82, 2.24) is 0 Å². The molecule has 0 aliphatic rings. The van der Waals surface area contributed by atoms with Crippen LogP contribution in [-0.2, 0) is 17.2 Å². The quantitative estimate of drug-likeness (QED) is 0.387. The average Bonchev–Trinajstić information content (AvgIpc) is 1.65. The summed E-state index contributed by atoms with van der Waals surface area (Å²) >= 11 is 3.78. The minimum atomic E-state index is -1.71. The second-order valence-electron chi connectivity index (χ2n) is 0.725. The van der Waals surface area contributed by atoms with Crippen LogP contribution in [0.5, 0.6) is 0 Å². The van der Waals surface area contributed by atoms with E-state index in [9.17, 15) is 9.59 Å². The summed E-state index contributed by atoms with van der Waals surface area (Å²) in [6.07, 6.45) is -2.99. The Morgan fingerprint density at radius 2 is 2.12 bits per heavy atom. The molecule has 1 N–H and O–H groups in total. The van der Waals surface area contributed by atoms with Crippen LogP contribution in [0.25, 0.3) is 0 Å². The Kier molecular flexibility index (Phi) is 2.63. The number of carboxylic acid groups (broad SMARTS) is 1. The molecule has 5 nitrogen and oxygen atoms in total. The van der Waals surface area contributed by atoms with Gasteiger partial charge in [0.1, 0.15) is 0 Å². The van der Waals surface area contributed by atoms with Crippen molar-refractivity contribution in [2.75, 3.05) is 0 Å². The molecule has 0 aromatic rings. The van der Waals surface area contributed by atoms with Gasteiger partial charge < -0.3 is 9.84 Å². The molecule has 0 aliphatic carbocycles. The fourth-order valence-corrected chi connectivity index (χ4v) is 0.131. The Bertz CT molecular complexity index is 132. The zero-order valence-electron chi connectivity index (χ0n) is 3.53. The monoisotopic (exact) mass is 135 g/mol. The van der Waals surface area contributed by atoms with Crippen molar-refractivity contribution in [2.24, 2.45) is 4.36 Å². The van der Waals surface area contributed by atoms with Crippen molar-refractivity contribution in [3.05, 3.63) is 0 Å². The van der Waals surface area contributed by atoms with Crippen LogP contribution in [0.1, 0.15) is 0 Å². The van der Waals surface area contributed by atoms with Gasteiger partial charge in [-0.3, -0.25) is 0 Å². The summed E-state index contributed by atoms with van der Waals surface area (Å²) in [5.74, 6) is 0. The van der Waals surface area contributed by atoms with Gasteiger partial charge >= 0.3 is 12.2 Å². The predicted molar refractivity (Wildman–Crippen MR) is 24.3 cm³/mol. The maximum absolute atomic E-state index is 9.75. The van der Waals surface area contributed by atoms with Crippen molar-refractivity contribution in [3.63, 3.8) is 0 Å². The standard InChI is InChI=1S/C2HNO4S/c4-1(3-8)7-2(5)6/h(H,5,6). The third-order valence-electron chi connectivity index (χ3n) is 0.249. The van der Waals surface area contributed by atoms with E-state index in [4.69, 9.17) is 5.11 Å². The summed E-state index contributed by atoms with van der Waals surface area (Å²) in [6, 6.07) is 0. The smallest absolute Gasteiger partial charge is 0.449 e. The van der Waals surface area contributed by atoms with Crippen molar-refractivity contribution in [3.8, 4) is 0 Å². The lowest BCUT2D eigenvalue weighted by molar-refractivity contribution is 0.115. The van der Waals surface area contributed by atoms with E-state index < -0.39 is 12.2 Å². The van der Waals surface area contributed by atoms with Gasteiger partial charge in [-0.2, -0.15) is 0 Å². The first-order chi connectivity index (χ1) is 3.66. The molecule has 0 bridgehead atoms. The van der Waals surface area contributed by atoms with Gasteiger partial charge in [0.2, 0.25) is 0 Å². The number of rotatable bonds is 0. The first-order valence-electron chi connectivity index (χ1n) is 1.45. The number of carbonyl (C=O) groups is 2. The number of amides is 1. The van der Waals surface area contributed by atoms with E-state index in [1.54, 1.807) is 0 Å². The first-order valence-corrected chi connectivity index (χ1v) is 1.81. The van der Waals surface area contributed by atoms with E-state index in [-0.39, 0.29) is 0 Å². The highest BCUT2D eigenvalue weighted by Crippen LogP contribution is 1.80. The highest BCUT2D eigenvalue weighted by atomic mass is 32.1. The second kappa shape index (κ2) is 3.03. The lowest BCUT2D eigenvalue weighted by atomic mass is 11.2. The van der Waals surface area contributed by atoms with Crippen molar-refractivity contribution in [1.29, 1.82) is 0 Å². The van der Waals surface area contributed by atoms with Crippen molar-refractivity contribution >= 4 is 24.7 Å². The van der Waals surface area contributed by atoms with Crippen molar-refractivity contribution < 1.29 is 19.4 Å². The number of hydrogen-bond acceptors (Lipinski definition) is 4. The van der Waals surface area contributed by atoms with Crippen LogP contribution in [0.4, 0.5) is 9.59 Å². The summed E-state index contributed by atoms with van der Waals surface area (Å²) in [4.78, 5) is 19.2. The van der Waals surface area contributed by atoms with Gasteiger partial charge in [0, 0.05) is 12.4 Å². The van der Waals surface area contributed by atoms with Gasteiger partial charge in [0.25, 0.3) is 0 Å². The molecule has 0 aromatic carbocycles. The summed E-state index contributed by atoms with van der Waals surface area (Å²) < 4.78 is 5.88. The molecule has 0 aromatic heterocycles. The van der Waals surface area contributed by atoms with E-state index in [0.29, 0.717) is 0 Å². The van der Waals surface area contributed by atoms with Crippen LogP contribution >= 0.6 is 0 Å². The average molecular weight is 135 g/mol. The van der Waals surface area contributed by atoms with E-state index in [0.717, 1.165) is 0 Å². The Balaban J connectivity index is 3.55. The lowest BCUT2D eigenvalue weighted by Gasteiger charge is -1.84. The molecule has 0 heterocycles. The van der Waals surface area contributed by atoms with Gasteiger partial charge in [-0.25, -0.2) is 9.59 Å². The predicted octanol–water partition coefficient (Wildman–Crippen LogP) is 0.531. The molecule has 0 rings (SSSR count). The number of carbonyl (C=O) groups excluding carboxylic acids is 1.